The minimum Gasteiger partial charge on any atom is -0.224 e. The van der Waals surface area contributed by atoms with Crippen molar-refractivity contribution in [3.05, 3.63) is 0 Å². The number of terminal acetylenes is 1. The van der Waals surface area contributed by atoms with Crippen LogP contribution in [0.15, 0.2) is 0 Å². The Labute approximate surface area is 47.1 Å². The molecule has 0 aromatic heterocycles. The summed E-state index contributed by atoms with van der Waals surface area (Å²) in [4.78, 5) is 0. The van der Waals surface area contributed by atoms with E-state index in [0.29, 0.717) is 5.75 Å². The summed E-state index contributed by atoms with van der Waals surface area (Å²) in [7, 11) is 0. The molecule has 0 aliphatic heterocycles. The van der Waals surface area contributed by atoms with E-state index in [4.69, 9.17) is 6.42 Å². The van der Waals surface area contributed by atoms with Crippen LogP contribution in [0.4, 0.5) is 0 Å². The number of hydrogen-bond acceptors (Lipinski definition) is 1. The Kier molecular flexibility index (Phi) is 4.72. The number of hydrogen-bond donors (Lipinski definition) is 0. The van der Waals surface area contributed by atoms with Crippen molar-refractivity contribution in [3.8, 4) is 23.7 Å². The lowest BCUT2D eigenvalue weighted by atomic mass is 10.8. The zero-order valence-electron chi connectivity index (χ0n) is 3.60. The van der Waals surface area contributed by atoms with E-state index in [0.717, 1.165) is 0 Å². The average molecular weight is 111 g/mol. The lowest BCUT2D eigenvalue weighted by Crippen LogP contribution is -1.62. The van der Waals surface area contributed by atoms with Crippen molar-refractivity contribution < 1.29 is 5.11 Å². The van der Waals surface area contributed by atoms with Gasteiger partial charge in [-0.2, -0.15) is 0 Å². The van der Waals surface area contributed by atoms with Crippen molar-refractivity contribution in [1.29, 1.82) is 0 Å². The van der Waals surface area contributed by atoms with Gasteiger partial charge in [0, 0.05) is 0 Å². The average Bonchev–Trinajstić information content (AvgIpc) is 1.69. The second kappa shape index (κ2) is 5.27. The molecule has 0 saturated carbocycles. The van der Waals surface area contributed by atoms with Gasteiger partial charge in [-0.05, 0) is 11.2 Å². The fraction of sp³-hybridized carbons (Fsp3) is 0.200. The van der Waals surface area contributed by atoms with E-state index in [1.165, 1.54) is 17.9 Å². The molecule has 1 nitrogen and oxygen atoms in total. The van der Waals surface area contributed by atoms with Crippen molar-refractivity contribution in [2.24, 2.45) is 0 Å². The molecular weight excluding hydrogens is 108 g/mol. The van der Waals surface area contributed by atoms with Crippen molar-refractivity contribution in [1.82, 2.24) is 0 Å². The van der Waals surface area contributed by atoms with Gasteiger partial charge in [-0.15, -0.1) is 6.42 Å². The summed E-state index contributed by atoms with van der Waals surface area (Å²) < 4.78 is 0. The van der Waals surface area contributed by atoms with E-state index < -0.39 is 0 Å². The highest BCUT2D eigenvalue weighted by molar-refractivity contribution is 8.04. The Balaban J connectivity index is 2.98. The van der Waals surface area contributed by atoms with Crippen LogP contribution in [0.3, 0.4) is 0 Å². The summed E-state index contributed by atoms with van der Waals surface area (Å²) in [6.07, 6.45) is 6.30. The highest BCUT2D eigenvalue weighted by Crippen LogP contribution is 1.90. The van der Waals surface area contributed by atoms with Crippen molar-refractivity contribution in [3.63, 3.8) is 0 Å². The van der Waals surface area contributed by atoms with Crippen LogP contribution in [0.2, 0.25) is 0 Å². The Bertz CT molecular complexity index is 123. The summed E-state index contributed by atoms with van der Waals surface area (Å²) >= 11 is 1.19. The van der Waals surface area contributed by atoms with E-state index >= 15 is 0 Å². The van der Waals surface area contributed by atoms with Crippen LogP contribution >= 0.6 is 11.8 Å². The van der Waals surface area contributed by atoms with E-state index in [1.54, 1.807) is 0 Å². The summed E-state index contributed by atoms with van der Waals surface area (Å²) in [5, 5.41) is 11.6. The first-order valence-electron chi connectivity index (χ1n) is 1.59. The first-order chi connectivity index (χ1) is 3.41. The van der Waals surface area contributed by atoms with Crippen LogP contribution in [0, 0.1) is 23.7 Å². The molecule has 0 aliphatic carbocycles. The molecule has 0 rings (SSSR count). The van der Waals surface area contributed by atoms with Gasteiger partial charge >= 0.3 is 0 Å². The molecule has 7 heavy (non-hydrogen) atoms. The minimum atomic E-state index is 0.444. The highest BCUT2D eigenvalue weighted by Gasteiger charge is 1.69. The van der Waals surface area contributed by atoms with Crippen LogP contribution in [0.25, 0.3) is 0 Å². The second-order valence-corrected chi connectivity index (χ2v) is 1.50. The maximum atomic E-state index is 9.36. The molecule has 0 spiro atoms. The summed E-state index contributed by atoms with van der Waals surface area (Å²) in [5.74, 6) is 2.71. The van der Waals surface area contributed by atoms with Gasteiger partial charge in [0.15, 0.2) is 6.11 Å². The van der Waals surface area contributed by atoms with Crippen molar-refractivity contribution in [2.75, 3.05) is 5.75 Å². The van der Waals surface area contributed by atoms with Crippen molar-refractivity contribution >= 4 is 11.8 Å². The van der Waals surface area contributed by atoms with Crippen LogP contribution < -0.4 is 0 Å². The van der Waals surface area contributed by atoms with Crippen molar-refractivity contribution in [2.45, 2.75) is 0 Å². The smallest absolute Gasteiger partial charge is 0.173 e. The standard InChI is InChI=1S/C5H3OS/c1-2-7-5-3-4-6/h1H,5H2. The first-order valence-corrected chi connectivity index (χ1v) is 2.57. The molecule has 0 saturated heterocycles. The van der Waals surface area contributed by atoms with Gasteiger partial charge in [0.05, 0.1) is 5.75 Å². The molecule has 0 bridgehead atoms. The van der Waals surface area contributed by atoms with Gasteiger partial charge in [-0.25, -0.2) is 5.11 Å². The first kappa shape index (κ1) is 6.27. The molecular formula is C5H3OS. The van der Waals surface area contributed by atoms with Gasteiger partial charge in [-0.1, -0.05) is 11.8 Å². The molecule has 0 fully saturated rings. The number of rotatable bonds is 1. The molecule has 0 heterocycles. The van der Waals surface area contributed by atoms with Gasteiger partial charge in [0.1, 0.15) is 0 Å². The minimum absolute atomic E-state index is 0.444. The molecule has 2 heteroatoms. The third-order valence-corrected chi connectivity index (χ3v) is 0.755. The van der Waals surface area contributed by atoms with Crippen LogP contribution in [0.1, 0.15) is 0 Å². The molecule has 0 aromatic carbocycles. The quantitative estimate of drug-likeness (QED) is 0.360. The number of thioether (sulfide) groups is 1. The fourth-order valence-electron chi connectivity index (χ4n) is 0.107. The zero-order valence-corrected chi connectivity index (χ0v) is 4.42. The maximum Gasteiger partial charge on any atom is 0.173 e. The highest BCUT2D eigenvalue weighted by atomic mass is 32.2. The summed E-state index contributed by atoms with van der Waals surface area (Å²) in [5.41, 5.74) is 0. The molecule has 0 unspecified atom stereocenters. The molecule has 0 aliphatic rings. The zero-order chi connectivity index (χ0) is 5.54. The SMILES string of the molecule is C#CSCC#C[O]. The topological polar surface area (TPSA) is 19.9 Å². The Morgan fingerprint density at radius 1 is 1.71 bits per heavy atom. The lowest BCUT2D eigenvalue weighted by Gasteiger charge is -1.70. The lowest BCUT2D eigenvalue weighted by molar-refractivity contribution is 0.391. The monoisotopic (exact) mass is 111 g/mol. The predicted octanol–water partition coefficient (Wildman–Crippen LogP) is 0.702. The van der Waals surface area contributed by atoms with Gasteiger partial charge in [0.25, 0.3) is 0 Å². The van der Waals surface area contributed by atoms with E-state index in [-0.39, 0.29) is 0 Å². The second-order valence-electron chi connectivity index (χ2n) is 0.685. The largest absolute Gasteiger partial charge is 0.224 e. The Morgan fingerprint density at radius 3 is 2.86 bits per heavy atom. The maximum absolute atomic E-state index is 9.36. The van der Waals surface area contributed by atoms with Crippen LogP contribution in [-0.2, 0) is 5.11 Å². The normalized spacial score (nSPS) is 5.57. The third-order valence-electron chi connectivity index (χ3n) is 0.300. The Morgan fingerprint density at radius 2 is 2.43 bits per heavy atom. The van der Waals surface area contributed by atoms with E-state index in [1.807, 2.05) is 0 Å². The molecule has 1 radical (unpaired) electrons. The van der Waals surface area contributed by atoms with E-state index in [2.05, 4.69) is 11.2 Å². The molecule has 0 atom stereocenters. The summed E-state index contributed by atoms with van der Waals surface area (Å²) in [6.45, 7) is 0. The van der Waals surface area contributed by atoms with Crippen LogP contribution in [-0.4, -0.2) is 5.75 Å². The van der Waals surface area contributed by atoms with Gasteiger partial charge < -0.3 is 0 Å². The van der Waals surface area contributed by atoms with Gasteiger partial charge in [-0.3, -0.25) is 0 Å². The Hall–Kier alpha value is -0.730. The molecule has 0 N–H and O–H groups in total. The molecule has 0 amide bonds. The fourth-order valence-corrected chi connectivity index (χ4v) is 0.322. The summed E-state index contributed by atoms with van der Waals surface area (Å²) in [6, 6.07) is 0. The van der Waals surface area contributed by atoms with Crippen LogP contribution in [0.5, 0.6) is 0 Å². The van der Waals surface area contributed by atoms with Gasteiger partial charge in [0.2, 0.25) is 0 Å². The molecule has 35 valence electrons. The predicted molar refractivity (Wildman–Crippen MR) is 29.8 cm³/mol. The van der Waals surface area contributed by atoms with E-state index in [9.17, 15) is 5.11 Å². The molecule has 0 aromatic rings. The third kappa shape index (κ3) is 5.27.